The van der Waals surface area contributed by atoms with Crippen LogP contribution in [0.5, 0.6) is 0 Å². The fraction of sp³-hybridized carbons (Fsp3) is 0.780. The largest absolute Gasteiger partial charge is 0.386 e. The van der Waals surface area contributed by atoms with Crippen LogP contribution in [0.25, 0.3) is 0 Å². The molecule has 1 fully saturated rings. The second kappa shape index (κ2) is 38.8. The predicted molar refractivity (Wildman–Crippen MR) is 306 cm³/mol. The van der Waals surface area contributed by atoms with E-state index in [1.165, 1.54) is 26.2 Å². The van der Waals surface area contributed by atoms with E-state index in [0.29, 0.717) is 84.0 Å². The first-order valence-corrected chi connectivity index (χ1v) is 29.2. The number of carbonyl (C=O) groups is 7. The van der Waals surface area contributed by atoms with Gasteiger partial charge in [-0.1, -0.05) is 99.1 Å². The Labute approximate surface area is 478 Å². The molecule has 2 rings (SSSR count). The van der Waals surface area contributed by atoms with Crippen molar-refractivity contribution in [1.82, 2.24) is 35.6 Å². The van der Waals surface area contributed by atoms with Gasteiger partial charge in [-0.2, -0.15) is 0 Å². The van der Waals surface area contributed by atoms with Gasteiger partial charge in [0.1, 0.15) is 18.7 Å². The average molecular weight is 1130 g/mol. The summed E-state index contributed by atoms with van der Waals surface area (Å²) in [6.45, 7) is 22.7. The van der Waals surface area contributed by atoms with Gasteiger partial charge in [-0.05, 0) is 55.9 Å². The van der Waals surface area contributed by atoms with Crippen LogP contribution in [-0.4, -0.2) is 216 Å². The van der Waals surface area contributed by atoms with Gasteiger partial charge in [0.15, 0.2) is 0 Å². The van der Waals surface area contributed by atoms with E-state index in [0.717, 1.165) is 12.8 Å². The molecule has 0 aromatic heterocycles. The number of hydrogen-bond acceptors (Lipinski definition) is 14. The van der Waals surface area contributed by atoms with Crippen molar-refractivity contribution in [2.24, 2.45) is 23.7 Å². The monoisotopic (exact) mass is 1130 g/mol. The Morgan fingerprint density at radius 3 is 1.84 bits per heavy atom. The van der Waals surface area contributed by atoms with Crippen LogP contribution in [0, 0.1) is 23.7 Å². The Morgan fingerprint density at radius 2 is 1.30 bits per heavy atom. The van der Waals surface area contributed by atoms with Gasteiger partial charge >= 0.3 is 0 Å². The number of rotatable bonds is 41. The summed E-state index contributed by atoms with van der Waals surface area (Å²) in [4.78, 5) is 101. The van der Waals surface area contributed by atoms with Gasteiger partial charge < -0.3 is 69.1 Å². The Morgan fingerprint density at radius 1 is 0.713 bits per heavy atom. The van der Waals surface area contributed by atoms with E-state index in [2.05, 4.69) is 16.0 Å². The van der Waals surface area contributed by atoms with E-state index >= 15 is 0 Å². The lowest BCUT2D eigenvalue weighted by Gasteiger charge is -2.41. The normalized spacial score (nSPS) is 16.9. The van der Waals surface area contributed by atoms with Crippen LogP contribution in [0.4, 0.5) is 0 Å². The molecule has 80 heavy (non-hydrogen) atoms. The van der Waals surface area contributed by atoms with Gasteiger partial charge in [-0.15, -0.1) is 0 Å². The summed E-state index contributed by atoms with van der Waals surface area (Å²) >= 11 is 0. The van der Waals surface area contributed by atoms with Gasteiger partial charge in [0.05, 0.1) is 95.0 Å². The number of nitrogens with one attached hydrogen (secondary N) is 3. The van der Waals surface area contributed by atoms with Gasteiger partial charge in [0, 0.05) is 67.3 Å². The Hall–Kier alpha value is -4.77. The highest BCUT2D eigenvalue weighted by Crippen LogP contribution is 2.30. The highest BCUT2D eigenvalue weighted by Gasteiger charge is 2.44. The fourth-order valence-electron chi connectivity index (χ4n) is 10.3. The smallest absolute Gasteiger partial charge is 0.249 e. The summed E-state index contributed by atoms with van der Waals surface area (Å²) in [5, 5.41) is 19.6. The molecule has 458 valence electrons. The van der Waals surface area contributed by atoms with E-state index in [1.54, 1.807) is 47.7 Å². The standard InChI is InChI=1S/C59H103N7O14/c1-15-28-65(29-16-2)49(68)26-25-48(67)60-27-31-77-32-33-78-34-35-79-36-37-80-39-51(70)63(11)53(41(6)7)58(73)62-52(40(4)5)59(74)64(12)54(42(8)17-3)47(75-13)38-50(69)66-30-21-24-46(66)56(76-14)43(9)57(72)61-44(10)55(71)45-22-19-18-20-23-45/h18-20,22-23,40-44,46-47,52-56,71H,15-17,21,24-39H2,1-14H3,(H,60,67)(H,61,72)(H,62,73)/t42?,43-,44+,46?,47-,52+,53?,54+,55+,56-/m1/s1. The van der Waals surface area contributed by atoms with Gasteiger partial charge in [-0.3, -0.25) is 33.6 Å². The molecule has 21 nitrogen and oxygen atoms in total. The predicted octanol–water partition coefficient (Wildman–Crippen LogP) is 4.38. The molecule has 0 aliphatic carbocycles. The van der Waals surface area contributed by atoms with Gasteiger partial charge in [-0.25, -0.2) is 0 Å². The van der Waals surface area contributed by atoms with Crippen LogP contribution in [0.15, 0.2) is 30.3 Å². The number of ether oxygens (including phenoxy) is 6. The maximum absolute atomic E-state index is 14.6. The van der Waals surface area contributed by atoms with Crippen LogP contribution >= 0.6 is 0 Å². The van der Waals surface area contributed by atoms with Crippen molar-refractivity contribution < 1.29 is 67.1 Å². The molecular formula is C59H103N7O14. The topological polar surface area (TPSA) is 244 Å². The molecule has 0 spiro atoms. The van der Waals surface area contributed by atoms with Gasteiger partial charge in [0.25, 0.3) is 0 Å². The number of hydrogen-bond donors (Lipinski definition) is 4. The lowest BCUT2D eigenvalue weighted by molar-refractivity contribution is -0.149. The molecule has 4 N–H and O–H groups in total. The number of amides is 7. The molecule has 0 radical (unpaired) electrons. The van der Waals surface area contributed by atoms with E-state index < -0.39 is 66.3 Å². The number of nitrogens with zero attached hydrogens (tertiary/aromatic N) is 4. The molecule has 1 saturated heterocycles. The maximum Gasteiger partial charge on any atom is 0.249 e. The van der Waals surface area contributed by atoms with Crippen molar-refractivity contribution in [3.63, 3.8) is 0 Å². The molecule has 10 atom stereocenters. The quantitative estimate of drug-likeness (QED) is 0.0666. The fourth-order valence-corrected chi connectivity index (χ4v) is 10.3. The van der Waals surface area contributed by atoms with Gasteiger partial charge in [0.2, 0.25) is 41.4 Å². The minimum Gasteiger partial charge on any atom is -0.386 e. The third-order valence-electron chi connectivity index (χ3n) is 15.0. The third kappa shape index (κ3) is 23.6. The number of aliphatic hydroxyl groups excluding tert-OH is 1. The van der Waals surface area contributed by atoms with Crippen molar-refractivity contribution >= 4 is 41.4 Å². The number of likely N-dealkylation sites (tertiary alicyclic amines) is 1. The molecule has 1 aliphatic heterocycles. The Kier molecular flexibility index (Phi) is 34.6. The van der Waals surface area contributed by atoms with E-state index in [-0.39, 0.29) is 86.4 Å². The number of carbonyl (C=O) groups excluding carboxylic acids is 7. The molecule has 0 bridgehead atoms. The summed E-state index contributed by atoms with van der Waals surface area (Å²) in [6, 6.07) is 5.67. The molecule has 1 heterocycles. The number of benzene rings is 1. The average Bonchev–Trinajstić information content (AvgIpc) is 3.93. The van der Waals surface area contributed by atoms with Crippen molar-refractivity contribution in [2.45, 2.75) is 169 Å². The van der Waals surface area contributed by atoms with Crippen molar-refractivity contribution in [3.05, 3.63) is 35.9 Å². The third-order valence-corrected chi connectivity index (χ3v) is 15.0. The molecule has 1 aliphatic rings. The molecule has 21 heteroatoms. The molecular weight excluding hydrogens is 1030 g/mol. The summed E-state index contributed by atoms with van der Waals surface area (Å²) in [5.41, 5.74) is 0.685. The SMILES string of the molecule is CCCN(CCC)C(=O)CCC(=O)NCCOCCOCCOCCOCC(=O)N(C)C(C(=O)N[C@H](C(=O)N(C)[C@@H](C(C)CC)[C@@H](CC(=O)N1CCCC1[C@H](OC)[C@@H](C)C(=O)N[C@@H](C)[C@H](O)c1ccccc1)OC)C(C)C)C(C)C. The van der Waals surface area contributed by atoms with Crippen molar-refractivity contribution in [2.75, 3.05) is 107 Å². The molecule has 3 unspecified atom stereocenters. The molecule has 1 aromatic rings. The van der Waals surface area contributed by atoms with Crippen molar-refractivity contribution in [3.8, 4) is 0 Å². The molecule has 0 saturated carbocycles. The summed E-state index contributed by atoms with van der Waals surface area (Å²) in [7, 11) is 6.26. The van der Waals surface area contributed by atoms with E-state index in [1.807, 2.05) is 73.6 Å². The summed E-state index contributed by atoms with van der Waals surface area (Å²) < 4.78 is 34.3. The Balaban J connectivity index is 1.90. The zero-order valence-electron chi connectivity index (χ0n) is 51.0. The number of likely N-dealkylation sites (N-methyl/N-ethyl adjacent to an activating group) is 2. The minimum atomic E-state index is -0.974. The van der Waals surface area contributed by atoms with E-state index in [4.69, 9.17) is 28.4 Å². The second-order valence-electron chi connectivity index (χ2n) is 21.8. The number of methoxy groups -OCH3 is 2. The van der Waals surface area contributed by atoms with E-state index in [9.17, 15) is 38.7 Å². The van der Waals surface area contributed by atoms with Crippen molar-refractivity contribution in [1.29, 1.82) is 0 Å². The van der Waals surface area contributed by atoms with Crippen LogP contribution in [-0.2, 0) is 62.0 Å². The van der Waals surface area contributed by atoms with Crippen LogP contribution in [0.1, 0.15) is 132 Å². The second-order valence-corrected chi connectivity index (χ2v) is 21.8. The highest BCUT2D eigenvalue weighted by atomic mass is 16.6. The summed E-state index contributed by atoms with van der Waals surface area (Å²) in [6.07, 6.45) is 1.77. The highest BCUT2D eigenvalue weighted by molar-refractivity contribution is 5.92. The number of aliphatic hydroxyl groups is 1. The molecule has 1 aromatic carbocycles. The first kappa shape index (κ1) is 71.3. The first-order chi connectivity index (χ1) is 38.1. The molecule has 7 amide bonds. The zero-order valence-corrected chi connectivity index (χ0v) is 51.0. The Bertz CT molecular complexity index is 1980. The lowest BCUT2D eigenvalue weighted by Crippen LogP contribution is -2.60. The van der Waals surface area contributed by atoms with Crippen LogP contribution < -0.4 is 16.0 Å². The van der Waals surface area contributed by atoms with Crippen LogP contribution in [0.2, 0.25) is 0 Å². The van der Waals surface area contributed by atoms with Crippen LogP contribution in [0.3, 0.4) is 0 Å². The maximum atomic E-state index is 14.6. The minimum absolute atomic E-state index is 0.000694. The summed E-state index contributed by atoms with van der Waals surface area (Å²) in [5.74, 6) is -3.41. The zero-order chi connectivity index (χ0) is 59.9. The lowest BCUT2D eigenvalue weighted by atomic mass is 9.89. The first-order valence-electron chi connectivity index (χ1n) is 29.2.